The summed E-state index contributed by atoms with van der Waals surface area (Å²) in [6.45, 7) is 0. The Morgan fingerprint density at radius 2 is 1.39 bits per heavy atom. The highest BCUT2D eigenvalue weighted by Crippen LogP contribution is 2.10. The quantitative estimate of drug-likeness (QED) is 0.592. The minimum Gasteiger partial charge on any atom is -0.497 e. The summed E-state index contributed by atoms with van der Waals surface area (Å²) >= 11 is 0. The molecule has 0 N–H and O–H groups in total. The van der Waals surface area contributed by atoms with E-state index in [0.29, 0.717) is 5.56 Å². The van der Waals surface area contributed by atoms with Crippen molar-refractivity contribution in [3.05, 3.63) is 65.2 Å². The van der Waals surface area contributed by atoms with Crippen molar-refractivity contribution in [2.75, 3.05) is 7.11 Å². The van der Waals surface area contributed by atoms with Crippen LogP contribution in [-0.4, -0.2) is 13.4 Å². The van der Waals surface area contributed by atoms with Gasteiger partial charge in [-0.1, -0.05) is 24.0 Å². The van der Waals surface area contributed by atoms with E-state index in [-0.39, 0.29) is 0 Å². The lowest BCUT2D eigenvalue weighted by molar-refractivity contribution is 0.112. The molecular weight excluding hydrogens is 224 g/mol. The van der Waals surface area contributed by atoms with Crippen LogP contribution < -0.4 is 4.74 Å². The molecule has 0 radical (unpaired) electrons. The van der Waals surface area contributed by atoms with Gasteiger partial charge < -0.3 is 4.74 Å². The molecule has 18 heavy (non-hydrogen) atoms. The van der Waals surface area contributed by atoms with E-state index in [0.717, 1.165) is 23.2 Å². The zero-order valence-corrected chi connectivity index (χ0v) is 10.0. The van der Waals surface area contributed by atoms with E-state index in [4.69, 9.17) is 4.74 Å². The number of aldehydes is 1. The van der Waals surface area contributed by atoms with Gasteiger partial charge in [0.15, 0.2) is 0 Å². The number of methoxy groups -OCH3 is 1. The predicted molar refractivity (Wildman–Crippen MR) is 70.8 cm³/mol. The van der Waals surface area contributed by atoms with Crippen LogP contribution in [0.25, 0.3) is 0 Å². The molecule has 88 valence electrons. The molecule has 0 atom stereocenters. The van der Waals surface area contributed by atoms with Crippen LogP contribution in [-0.2, 0) is 0 Å². The Hall–Kier alpha value is -2.53. The van der Waals surface area contributed by atoms with Crippen molar-refractivity contribution in [1.29, 1.82) is 0 Å². The van der Waals surface area contributed by atoms with Gasteiger partial charge in [-0.2, -0.15) is 0 Å². The molecule has 0 heterocycles. The van der Waals surface area contributed by atoms with Gasteiger partial charge in [-0.05, 0) is 36.4 Å². The summed E-state index contributed by atoms with van der Waals surface area (Å²) in [4.78, 5) is 10.5. The second-order valence-corrected chi connectivity index (χ2v) is 3.72. The lowest BCUT2D eigenvalue weighted by Gasteiger charge is -1.97. The fraction of sp³-hybridized carbons (Fsp3) is 0.0625. The predicted octanol–water partition coefficient (Wildman–Crippen LogP) is 2.91. The Bertz CT molecular complexity index is 584. The summed E-state index contributed by atoms with van der Waals surface area (Å²) < 4.78 is 5.08. The summed E-state index contributed by atoms with van der Waals surface area (Å²) in [5.74, 6) is 6.91. The Labute approximate surface area is 106 Å². The average Bonchev–Trinajstić information content (AvgIpc) is 2.46. The van der Waals surface area contributed by atoms with Crippen LogP contribution in [0.4, 0.5) is 0 Å². The minimum absolute atomic E-state index is 0.657. The first-order valence-electron chi connectivity index (χ1n) is 5.53. The van der Waals surface area contributed by atoms with Crippen molar-refractivity contribution in [2.45, 2.75) is 0 Å². The fourth-order valence-electron chi connectivity index (χ4n) is 1.46. The second kappa shape index (κ2) is 5.70. The fourth-order valence-corrected chi connectivity index (χ4v) is 1.46. The van der Waals surface area contributed by atoms with Crippen LogP contribution in [0.3, 0.4) is 0 Å². The van der Waals surface area contributed by atoms with Gasteiger partial charge in [0.1, 0.15) is 12.0 Å². The zero-order chi connectivity index (χ0) is 12.8. The van der Waals surface area contributed by atoms with Gasteiger partial charge in [-0.15, -0.1) is 0 Å². The van der Waals surface area contributed by atoms with Gasteiger partial charge in [0.25, 0.3) is 0 Å². The van der Waals surface area contributed by atoms with E-state index >= 15 is 0 Å². The molecule has 0 saturated carbocycles. The number of ether oxygens (including phenoxy) is 1. The third-order valence-electron chi connectivity index (χ3n) is 2.49. The summed E-state index contributed by atoms with van der Waals surface area (Å²) in [5.41, 5.74) is 2.47. The Kier molecular flexibility index (Phi) is 3.78. The molecule has 0 aliphatic rings. The highest BCUT2D eigenvalue weighted by atomic mass is 16.5. The van der Waals surface area contributed by atoms with Crippen molar-refractivity contribution in [1.82, 2.24) is 0 Å². The molecule has 2 aromatic rings. The standard InChI is InChI=1S/C16H12O2/c1-18-16-10-8-14(9-11-16)3-2-13-4-6-15(12-17)7-5-13/h4-12H,1H3. The van der Waals surface area contributed by atoms with Gasteiger partial charge >= 0.3 is 0 Å². The zero-order valence-electron chi connectivity index (χ0n) is 10.0. The average molecular weight is 236 g/mol. The van der Waals surface area contributed by atoms with Crippen molar-refractivity contribution < 1.29 is 9.53 Å². The molecule has 0 amide bonds. The Balaban J connectivity index is 2.16. The van der Waals surface area contributed by atoms with Crippen LogP contribution in [0.5, 0.6) is 5.75 Å². The topological polar surface area (TPSA) is 26.3 Å². The van der Waals surface area contributed by atoms with E-state index in [1.54, 1.807) is 19.2 Å². The van der Waals surface area contributed by atoms with Gasteiger partial charge in [-0.25, -0.2) is 0 Å². The maximum absolute atomic E-state index is 10.5. The van der Waals surface area contributed by atoms with E-state index in [2.05, 4.69) is 11.8 Å². The van der Waals surface area contributed by atoms with Crippen LogP contribution in [0, 0.1) is 11.8 Å². The third-order valence-corrected chi connectivity index (χ3v) is 2.49. The van der Waals surface area contributed by atoms with E-state index in [1.807, 2.05) is 36.4 Å². The summed E-state index contributed by atoms with van der Waals surface area (Å²) in [6, 6.07) is 14.7. The number of rotatable bonds is 2. The minimum atomic E-state index is 0.657. The Morgan fingerprint density at radius 3 is 1.83 bits per heavy atom. The largest absolute Gasteiger partial charge is 0.497 e. The van der Waals surface area contributed by atoms with Crippen molar-refractivity contribution in [2.24, 2.45) is 0 Å². The smallest absolute Gasteiger partial charge is 0.150 e. The first-order valence-corrected chi connectivity index (χ1v) is 5.53. The van der Waals surface area contributed by atoms with Crippen LogP contribution in [0.2, 0.25) is 0 Å². The molecule has 2 nitrogen and oxygen atoms in total. The molecule has 0 aromatic heterocycles. The molecule has 0 unspecified atom stereocenters. The van der Waals surface area contributed by atoms with Crippen molar-refractivity contribution in [3.63, 3.8) is 0 Å². The first-order chi connectivity index (χ1) is 8.81. The molecule has 0 aliphatic heterocycles. The molecule has 0 bridgehead atoms. The molecule has 2 rings (SSSR count). The lowest BCUT2D eigenvalue weighted by atomic mass is 10.1. The van der Waals surface area contributed by atoms with Gasteiger partial charge in [-0.3, -0.25) is 4.79 Å². The maximum atomic E-state index is 10.5. The maximum Gasteiger partial charge on any atom is 0.150 e. The number of hydrogen-bond acceptors (Lipinski definition) is 2. The summed E-state index contributed by atoms with van der Waals surface area (Å²) in [5, 5.41) is 0. The summed E-state index contributed by atoms with van der Waals surface area (Å²) in [7, 11) is 1.63. The number of carbonyl (C=O) groups is 1. The second-order valence-electron chi connectivity index (χ2n) is 3.72. The lowest BCUT2D eigenvalue weighted by Crippen LogP contribution is -1.82. The summed E-state index contributed by atoms with van der Waals surface area (Å²) in [6.07, 6.45) is 0.820. The van der Waals surface area contributed by atoms with Gasteiger partial charge in [0, 0.05) is 16.7 Å². The van der Waals surface area contributed by atoms with Crippen LogP contribution >= 0.6 is 0 Å². The SMILES string of the molecule is COc1ccc(C#Cc2ccc(C=O)cc2)cc1. The highest BCUT2D eigenvalue weighted by molar-refractivity contribution is 5.74. The number of hydrogen-bond donors (Lipinski definition) is 0. The molecule has 2 aromatic carbocycles. The van der Waals surface area contributed by atoms with Crippen molar-refractivity contribution in [3.8, 4) is 17.6 Å². The number of carbonyl (C=O) groups excluding carboxylic acids is 1. The molecule has 0 aliphatic carbocycles. The third kappa shape index (κ3) is 2.99. The number of benzene rings is 2. The van der Waals surface area contributed by atoms with Crippen LogP contribution in [0.1, 0.15) is 21.5 Å². The molecule has 0 saturated heterocycles. The van der Waals surface area contributed by atoms with E-state index in [9.17, 15) is 4.79 Å². The van der Waals surface area contributed by atoms with Crippen LogP contribution in [0.15, 0.2) is 48.5 Å². The van der Waals surface area contributed by atoms with E-state index < -0.39 is 0 Å². The van der Waals surface area contributed by atoms with Gasteiger partial charge in [0.2, 0.25) is 0 Å². The molecule has 0 fully saturated rings. The molecule has 0 spiro atoms. The molecule has 2 heteroatoms. The molecular formula is C16H12O2. The Morgan fingerprint density at radius 1 is 0.889 bits per heavy atom. The first kappa shape index (κ1) is 11.9. The van der Waals surface area contributed by atoms with Crippen molar-refractivity contribution >= 4 is 6.29 Å². The van der Waals surface area contributed by atoms with E-state index in [1.165, 1.54) is 0 Å². The highest BCUT2D eigenvalue weighted by Gasteiger charge is 1.91. The normalized spacial score (nSPS) is 9.17. The van der Waals surface area contributed by atoms with Gasteiger partial charge in [0.05, 0.1) is 7.11 Å². The monoisotopic (exact) mass is 236 g/mol.